The van der Waals surface area contributed by atoms with Crippen LogP contribution in [-0.4, -0.2) is 34.5 Å². The van der Waals surface area contributed by atoms with Gasteiger partial charge in [0.25, 0.3) is 0 Å². The van der Waals surface area contributed by atoms with Crippen LogP contribution in [0.15, 0.2) is 24.3 Å². The van der Waals surface area contributed by atoms with Gasteiger partial charge in [-0.05, 0) is 31.0 Å². The average Bonchev–Trinajstić information content (AvgIpc) is 2.67. The first-order valence-electron chi connectivity index (χ1n) is 8.61. The lowest BCUT2D eigenvalue weighted by Crippen LogP contribution is -2.31. The van der Waals surface area contributed by atoms with E-state index in [2.05, 4.69) is 11.4 Å². The third kappa shape index (κ3) is 3.29. The Kier molecular flexibility index (Phi) is 5.79. The molecule has 0 bridgehead atoms. The smallest absolute Gasteiger partial charge is 0.164 e. The van der Waals surface area contributed by atoms with Crippen LogP contribution in [0.1, 0.15) is 29.7 Å². The molecular weight excluding hydrogens is 354 g/mol. The van der Waals surface area contributed by atoms with Gasteiger partial charge in [0.05, 0.1) is 39.0 Å². The van der Waals surface area contributed by atoms with Crippen LogP contribution in [0.2, 0.25) is 5.02 Å². The Bertz CT molecular complexity index is 794. The van der Waals surface area contributed by atoms with Crippen LogP contribution in [0.25, 0.3) is 0 Å². The molecule has 1 heterocycles. The molecule has 3 rings (SSSR count). The minimum atomic E-state index is -0.0535. The van der Waals surface area contributed by atoms with Gasteiger partial charge in [-0.15, -0.1) is 0 Å². The summed E-state index contributed by atoms with van der Waals surface area (Å²) in [5.74, 6) is 2.89. The van der Waals surface area contributed by atoms with Gasteiger partial charge in [-0.3, -0.25) is 0 Å². The maximum atomic E-state index is 6.38. The van der Waals surface area contributed by atoms with E-state index in [0.717, 1.165) is 46.9 Å². The lowest BCUT2D eigenvalue weighted by molar-refractivity contribution is 0.305. The van der Waals surface area contributed by atoms with E-state index in [-0.39, 0.29) is 6.04 Å². The van der Waals surface area contributed by atoms with Crippen LogP contribution in [0.4, 0.5) is 0 Å². The molecular formula is C20H24ClNO4. The van der Waals surface area contributed by atoms with Gasteiger partial charge >= 0.3 is 0 Å². The van der Waals surface area contributed by atoms with E-state index in [1.54, 1.807) is 21.3 Å². The summed E-state index contributed by atoms with van der Waals surface area (Å²) < 4.78 is 22.3. The highest BCUT2D eigenvalue weighted by atomic mass is 35.5. The maximum Gasteiger partial charge on any atom is 0.164 e. The Morgan fingerprint density at radius 3 is 2.38 bits per heavy atom. The average molecular weight is 378 g/mol. The molecule has 2 aromatic rings. The summed E-state index contributed by atoms with van der Waals surface area (Å²) in [6.07, 6.45) is 0.866. The van der Waals surface area contributed by atoms with Crippen LogP contribution in [-0.2, 0) is 6.42 Å². The summed E-state index contributed by atoms with van der Waals surface area (Å²) >= 11 is 6.38. The number of hydrogen-bond donors (Lipinski definition) is 1. The van der Waals surface area contributed by atoms with E-state index < -0.39 is 0 Å². The van der Waals surface area contributed by atoms with E-state index in [0.29, 0.717) is 17.4 Å². The lowest BCUT2D eigenvalue weighted by Gasteiger charge is -2.30. The van der Waals surface area contributed by atoms with Gasteiger partial charge in [-0.2, -0.15) is 0 Å². The summed E-state index contributed by atoms with van der Waals surface area (Å²) in [4.78, 5) is 0. The first-order valence-corrected chi connectivity index (χ1v) is 8.99. The van der Waals surface area contributed by atoms with Gasteiger partial charge in [0.15, 0.2) is 11.5 Å². The summed E-state index contributed by atoms with van der Waals surface area (Å²) in [6.45, 7) is 3.38. The Morgan fingerprint density at radius 1 is 1.00 bits per heavy atom. The molecule has 0 aliphatic carbocycles. The van der Waals surface area contributed by atoms with Crippen molar-refractivity contribution in [2.24, 2.45) is 0 Å². The van der Waals surface area contributed by atoms with E-state index in [1.807, 2.05) is 25.1 Å². The normalized spacial score (nSPS) is 16.0. The van der Waals surface area contributed by atoms with Crippen LogP contribution in [0.3, 0.4) is 0 Å². The predicted molar refractivity (Wildman–Crippen MR) is 102 cm³/mol. The van der Waals surface area contributed by atoms with Crippen LogP contribution in [0.5, 0.6) is 23.0 Å². The van der Waals surface area contributed by atoms with Crippen molar-refractivity contribution >= 4 is 11.6 Å². The molecule has 0 fully saturated rings. The highest BCUT2D eigenvalue weighted by molar-refractivity contribution is 6.32. The standard InChI is InChI=1S/C20H24ClNO4/c1-5-26-20-13-8-9-22-19(12(13)6-7-16(20)23-2)14-10-15(21)18(25-4)11-17(14)24-3/h6-7,10-11,19,22H,5,8-9H2,1-4H3. The third-order valence-corrected chi connectivity index (χ3v) is 4.91. The number of nitrogens with one attached hydrogen (secondary N) is 1. The minimum absolute atomic E-state index is 0.0535. The molecule has 26 heavy (non-hydrogen) atoms. The van der Waals surface area contributed by atoms with Crippen LogP contribution >= 0.6 is 11.6 Å². The number of hydrogen-bond acceptors (Lipinski definition) is 5. The Balaban J connectivity index is 2.14. The fraction of sp³-hybridized carbons (Fsp3) is 0.400. The van der Waals surface area contributed by atoms with Crippen molar-refractivity contribution < 1.29 is 18.9 Å². The third-order valence-electron chi connectivity index (χ3n) is 4.62. The van der Waals surface area contributed by atoms with Crippen molar-refractivity contribution in [1.82, 2.24) is 5.32 Å². The molecule has 0 amide bonds. The maximum absolute atomic E-state index is 6.38. The second-order valence-corrected chi connectivity index (χ2v) is 6.37. The molecule has 6 heteroatoms. The van der Waals surface area contributed by atoms with Crippen molar-refractivity contribution in [1.29, 1.82) is 0 Å². The lowest BCUT2D eigenvalue weighted by atomic mass is 9.88. The number of ether oxygens (including phenoxy) is 4. The molecule has 1 aliphatic rings. The van der Waals surface area contributed by atoms with Crippen molar-refractivity contribution in [3.8, 4) is 23.0 Å². The first-order chi connectivity index (χ1) is 12.6. The fourth-order valence-corrected chi connectivity index (χ4v) is 3.70. The van der Waals surface area contributed by atoms with E-state index in [9.17, 15) is 0 Å². The number of benzene rings is 2. The van der Waals surface area contributed by atoms with Crippen LogP contribution < -0.4 is 24.3 Å². The molecule has 0 radical (unpaired) electrons. The summed E-state index contributed by atoms with van der Waals surface area (Å²) in [5.41, 5.74) is 3.26. The summed E-state index contributed by atoms with van der Waals surface area (Å²) in [6, 6.07) is 7.69. The Labute approximate surface area is 159 Å². The van der Waals surface area contributed by atoms with Gasteiger partial charge in [0.2, 0.25) is 0 Å². The molecule has 1 aliphatic heterocycles. The van der Waals surface area contributed by atoms with Gasteiger partial charge in [-0.25, -0.2) is 0 Å². The Morgan fingerprint density at radius 2 is 1.73 bits per heavy atom. The first kappa shape index (κ1) is 18.7. The number of rotatable bonds is 6. The summed E-state index contributed by atoms with van der Waals surface area (Å²) in [5, 5.41) is 4.11. The molecule has 0 saturated carbocycles. The largest absolute Gasteiger partial charge is 0.496 e. The van der Waals surface area contributed by atoms with Gasteiger partial charge < -0.3 is 24.3 Å². The molecule has 5 nitrogen and oxygen atoms in total. The predicted octanol–water partition coefficient (Wildman–Crippen LogP) is 4.00. The van der Waals surface area contributed by atoms with Crippen molar-refractivity contribution in [2.75, 3.05) is 34.5 Å². The fourth-order valence-electron chi connectivity index (χ4n) is 3.45. The van der Waals surface area contributed by atoms with Gasteiger partial charge in [-0.1, -0.05) is 17.7 Å². The van der Waals surface area contributed by atoms with Crippen molar-refractivity contribution in [3.63, 3.8) is 0 Å². The quantitative estimate of drug-likeness (QED) is 0.824. The second kappa shape index (κ2) is 8.06. The minimum Gasteiger partial charge on any atom is -0.496 e. The molecule has 0 aromatic heterocycles. The highest BCUT2D eigenvalue weighted by Crippen LogP contribution is 2.43. The molecule has 0 spiro atoms. The Hall–Kier alpha value is -2.11. The number of fused-ring (bicyclic) bond motifs is 1. The van der Waals surface area contributed by atoms with E-state index in [4.69, 9.17) is 30.5 Å². The molecule has 140 valence electrons. The molecule has 1 N–H and O–H groups in total. The molecule has 2 aromatic carbocycles. The molecule has 0 saturated heterocycles. The monoisotopic (exact) mass is 377 g/mol. The SMILES string of the molecule is CCOc1c(OC)ccc2c1CCNC2c1cc(Cl)c(OC)cc1OC. The second-order valence-electron chi connectivity index (χ2n) is 5.96. The zero-order valence-corrected chi connectivity index (χ0v) is 16.3. The zero-order chi connectivity index (χ0) is 18.7. The number of halogens is 1. The molecule has 1 atom stereocenters. The van der Waals surface area contributed by atoms with E-state index in [1.165, 1.54) is 0 Å². The number of methoxy groups -OCH3 is 3. The van der Waals surface area contributed by atoms with Crippen LogP contribution in [0, 0.1) is 0 Å². The molecule has 1 unspecified atom stereocenters. The van der Waals surface area contributed by atoms with Gasteiger partial charge in [0.1, 0.15) is 11.5 Å². The van der Waals surface area contributed by atoms with E-state index >= 15 is 0 Å². The van der Waals surface area contributed by atoms with Gasteiger partial charge in [0, 0.05) is 23.7 Å². The zero-order valence-electron chi connectivity index (χ0n) is 15.5. The summed E-state index contributed by atoms with van der Waals surface area (Å²) in [7, 11) is 4.90. The topological polar surface area (TPSA) is 49.0 Å². The van der Waals surface area contributed by atoms with Crippen molar-refractivity contribution in [2.45, 2.75) is 19.4 Å². The van der Waals surface area contributed by atoms with Crippen molar-refractivity contribution in [3.05, 3.63) is 46.0 Å². The highest BCUT2D eigenvalue weighted by Gasteiger charge is 2.28.